The molecule has 0 radical (unpaired) electrons. The summed E-state index contributed by atoms with van der Waals surface area (Å²) < 4.78 is 4.94. The average Bonchev–Trinajstić information content (AvgIpc) is 2.53. The van der Waals surface area contributed by atoms with E-state index in [2.05, 4.69) is 6.58 Å². The highest BCUT2D eigenvalue weighted by atomic mass is 16.5. The van der Waals surface area contributed by atoms with Gasteiger partial charge in [-0.05, 0) is 30.4 Å². The highest BCUT2D eigenvalue weighted by Gasteiger charge is 2.35. The monoisotopic (exact) mass is 286 g/mol. The first-order valence-electron chi connectivity index (χ1n) is 7.48. The van der Waals surface area contributed by atoms with Crippen molar-refractivity contribution < 1.29 is 14.3 Å². The van der Waals surface area contributed by atoms with Crippen LogP contribution in [0.5, 0.6) is 0 Å². The number of Topliss-reactive ketones (excluding diaryl/α,β-unsaturated/α-hetero) is 1. The van der Waals surface area contributed by atoms with Gasteiger partial charge in [0.1, 0.15) is 5.78 Å². The van der Waals surface area contributed by atoms with Crippen molar-refractivity contribution in [2.24, 2.45) is 11.8 Å². The second-order valence-corrected chi connectivity index (χ2v) is 5.56. The molecule has 0 unspecified atom stereocenters. The molecule has 2 rings (SSSR count). The van der Waals surface area contributed by atoms with Crippen molar-refractivity contribution in [3.05, 3.63) is 42.0 Å². The molecule has 1 saturated carbocycles. The maximum Gasteiger partial charge on any atom is 0.309 e. The summed E-state index contributed by atoms with van der Waals surface area (Å²) in [6, 6.07) is 7.85. The van der Waals surface area contributed by atoms with E-state index in [-0.39, 0.29) is 23.6 Å². The van der Waals surface area contributed by atoms with E-state index < -0.39 is 0 Å². The van der Waals surface area contributed by atoms with Gasteiger partial charge in [-0.1, -0.05) is 43.3 Å². The van der Waals surface area contributed by atoms with Crippen molar-refractivity contribution in [2.75, 3.05) is 7.11 Å². The zero-order chi connectivity index (χ0) is 15.2. The summed E-state index contributed by atoms with van der Waals surface area (Å²) in [5.74, 6) is -0.671. The van der Waals surface area contributed by atoms with E-state index >= 15 is 0 Å². The van der Waals surface area contributed by atoms with Crippen LogP contribution in [0.25, 0.3) is 6.08 Å². The number of rotatable bonds is 5. The molecule has 2 atom stereocenters. The van der Waals surface area contributed by atoms with E-state index in [1.54, 1.807) is 6.08 Å². The van der Waals surface area contributed by atoms with Crippen LogP contribution < -0.4 is 0 Å². The molecule has 0 heterocycles. The highest BCUT2D eigenvalue weighted by Crippen LogP contribution is 2.31. The van der Waals surface area contributed by atoms with Gasteiger partial charge in [0.15, 0.2) is 0 Å². The van der Waals surface area contributed by atoms with Crippen LogP contribution in [-0.2, 0) is 20.7 Å². The molecule has 0 spiro atoms. The van der Waals surface area contributed by atoms with E-state index in [4.69, 9.17) is 4.74 Å². The number of benzene rings is 1. The fourth-order valence-electron chi connectivity index (χ4n) is 3.13. The molecule has 1 aromatic carbocycles. The van der Waals surface area contributed by atoms with Crippen LogP contribution in [0, 0.1) is 11.8 Å². The predicted octanol–water partition coefficient (Wildman–Crippen LogP) is 3.42. The van der Waals surface area contributed by atoms with Crippen molar-refractivity contribution in [2.45, 2.75) is 32.1 Å². The molecule has 1 aromatic rings. The number of hydrogen-bond donors (Lipinski definition) is 0. The molecule has 21 heavy (non-hydrogen) atoms. The van der Waals surface area contributed by atoms with Gasteiger partial charge in [0.05, 0.1) is 13.0 Å². The molecule has 0 bridgehead atoms. The first kappa shape index (κ1) is 15.5. The smallest absolute Gasteiger partial charge is 0.309 e. The number of ether oxygens (including phenoxy) is 1. The minimum atomic E-state index is -0.385. The molecule has 1 aliphatic rings. The van der Waals surface area contributed by atoms with Gasteiger partial charge in [0, 0.05) is 12.3 Å². The fourth-order valence-corrected chi connectivity index (χ4v) is 3.13. The Bertz CT molecular complexity index is 533. The van der Waals surface area contributed by atoms with Gasteiger partial charge in [-0.15, -0.1) is 0 Å². The molecule has 0 amide bonds. The Morgan fingerprint density at radius 1 is 1.43 bits per heavy atom. The van der Waals surface area contributed by atoms with Gasteiger partial charge in [-0.25, -0.2) is 0 Å². The normalized spacial score (nSPS) is 19.9. The average molecular weight is 286 g/mol. The highest BCUT2D eigenvalue weighted by molar-refractivity contribution is 5.87. The van der Waals surface area contributed by atoms with Crippen LogP contribution in [0.15, 0.2) is 30.8 Å². The lowest BCUT2D eigenvalue weighted by molar-refractivity contribution is -0.150. The Kier molecular flexibility index (Phi) is 5.32. The number of methoxy groups -OCH3 is 1. The van der Waals surface area contributed by atoms with Gasteiger partial charge in [0.25, 0.3) is 0 Å². The van der Waals surface area contributed by atoms with Gasteiger partial charge in [-0.3, -0.25) is 9.59 Å². The van der Waals surface area contributed by atoms with Gasteiger partial charge < -0.3 is 4.74 Å². The first-order chi connectivity index (χ1) is 10.2. The van der Waals surface area contributed by atoms with Gasteiger partial charge >= 0.3 is 5.97 Å². The lowest BCUT2D eigenvalue weighted by atomic mass is 9.76. The largest absolute Gasteiger partial charge is 0.469 e. The van der Waals surface area contributed by atoms with E-state index in [0.29, 0.717) is 12.8 Å². The lowest BCUT2D eigenvalue weighted by Crippen LogP contribution is -2.34. The second-order valence-electron chi connectivity index (χ2n) is 5.56. The van der Waals surface area contributed by atoms with Crippen molar-refractivity contribution in [1.82, 2.24) is 0 Å². The summed E-state index contributed by atoms with van der Waals surface area (Å²) >= 11 is 0. The SMILES string of the molecule is C=Cc1ccccc1C[C@H](C(=O)OC)[C@H]1CCCCC1=O. The van der Waals surface area contributed by atoms with E-state index in [1.165, 1.54) is 7.11 Å². The van der Waals surface area contributed by atoms with Gasteiger partial charge in [-0.2, -0.15) is 0 Å². The van der Waals surface area contributed by atoms with Crippen molar-refractivity contribution in [3.8, 4) is 0 Å². The van der Waals surface area contributed by atoms with Crippen molar-refractivity contribution >= 4 is 17.8 Å². The molecule has 1 aliphatic carbocycles. The Labute approximate surface area is 126 Å². The minimum absolute atomic E-state index is 0.202. The first-order valence-corrected chi connectivity index (χ1v) is 7.48. The number of esters is 1. The molecule has 0 saturated heterocycles. The predicted molar refractivity (Wildman–Crippen MR) is 82.7 cm³/mol. The number of carbonyl (C=O) groups is 2. The molecular formula is C18H22O3. The van der Waals surface area contributed by atoms with Crippen LogP contribution in [0.4, 0.5) is 0 Å². The Morgan fingerprint density at radius 3 is 2.86 bits per heavy atom. The summed E-state index contributed by atoms with van der Waals surface area (Å²) in [6.45, 7) is 3.81. The van der Waals surface area contributed by atoms with Crippen molar-refractivity contribution in [3.63, 3.8) is 0 Å². The van der Waals surface area contributed by atoms with Crippen LogP contribution in [0.2, 0.25) is 0 Å². The quantitative estimate of drug-likeness (QED) is 0.779. The molecule has 112 valence electrons. The third-order valence-electron chi connectivity index (χ3n) is 4.31. The van der Waals surface area contributed by atoms with Crippen molar-refractivity contribution in [1.29, 1.82) is 0 Å². The number of hydrogen-bond acceptors (Lipinski definition) is 3. The van der Waals surface area contributed by atoms with Crippen LogP contribution in [0.3, 0.4) is 0 Å². The summed E-state index contributed by atoms with van der Waals surface area (Å²) in [4.78, 5) is 24.3. The molecule has 0 N–H and O–H groups in total. The topological polar surface area (TPSA) is 43.4 Å². The van der Waals surface area contributed by atoms with E-state index in [1.807, 2.05) is 24.3 Å². The lowest BCUT2D eigenvalue weighted by Gasteiger charge is -2.27. The molecule has 3 nitrogen and oxygen atoms in total. The Hall–Kier alpha value is -1.90. The standard InChI is InChI=1S/C18H22O3/c1-3-13-8-4-5-9-14(13)12-16(18(20)21-2)15-10-6-7-11-17(15)19/h3-5,8-9,15-16H,1,6-7,10-12H2,2H3/t15-,16+/m1/s1. The molecule has 0 aromatic heterocycles. The summed E-state index contributed by atoms with van der Waals surface area (Å²) in [6.07, 6.45) is 5.63. The van der Waals surface area contributed by atoms with Crippen LogP contribution >= 0.6 is 0 Å². The second kappa shape index (κ2) is 7.21. The summed E-state index contributed by atoms with van der Waals surface area (Å²) in [7, 11) is 1.39. The van der Waals surface area contributed by atoms with E-state index in [9.17, 15) is 9.59 Å². The molecule has 1 fully saturated rings. The third kappa shape index (κ3) is 3.60. The summed E-state index contributed by atoms with van der Waals surface area (Å²) in [5.41, 5.74) is 2.05. The Balaban J connectivity index is 2.26. The Morgan fingerprint density at radius 2 is 2.19 bits per heavy atom. The molecule has 0 aliphatic heterocycles. The van der Waals surface area contributed by atoms with E-state index in [0.717, 1.165) is 30.4 Å². The third-order valence-corrected chi connectivity index (χ3v) is 4.31. The fraction of sp³-hybridized carbons (Fsp3) is 0.444. The maximum atomic E-state index is 12.2. The number of carbonyl (C=O) groups excluding carboxylic acids is 2. The zero-order valence-corrected chi connectivity index (χ0v) is 12.5. The maximum absolute atomic E-state index is 12.2. The number of ketones is 1. The minimum Gasteiger partial charge on any atom is -0.469 e. The molecule has 3 heteroatoms. The van der Waals surface area contributed by atoms with Gasteiger partial charge in [0.2, 0.25) is 0 Å². The molecular weight excluding hydrogens is 264 g/mol. The summed E-state index contributed by atoms with van der Waals surface area (Å²) in [5, 5.41) is 0. The van der Waals surface area contributed by atoms with Crippen LogP contribution in [0.1, 0.15) is 36.8 Å². The zero-order valence-electron chi connectivity index (χ0n) is 12.5. The van der Waals surface area contributed by atoms with Crippen LogP contribution in [-0.4, -0.2) is 18.9 Å².